The lowest BCUT2D eigenvalue weighted by Crippen LogP contribution is -1.90. The Morgan fingerprint density at radius 1 is 1.30 bits per heavy atom. The van der Waals surface area contributed by atoms with Crippen molar-refractivity contribution in [2.24, 2.45) is 0 Å². The molecule has 54 valence electrons. The third kappa shape index (κ3) is 1.97. The topological polar surface area (TPSA) is 37.8 Å². The predicted octanol–water partition coefficient (Wildman–Crippen LogP) is 2.51. The molecule has 6 heteroatoms. The molecule has 0 spiro atoms. The van der Waals surface area contributed by atoms with Crippen molar-refractivity contribution in [3.05, 3.63) is 16.4 Å². The van der Waals surface area contributed by atoms with E-state index in [1.165, 1.54) is 6.07 Å². The van der Waals surface area contributed by atoms with Gasteiger partial charge in [0.1, 0.15) is 10.3 Å². The molecule has 0 unspecified atom stereocenters. The molecular weight excluding hydrogens is 241 g/mol. The first-order chi connectivity index (χ1) is 4.72. The lowest BCUT2D eigenvalue weighted by molar-refractivity contribution is 1.19. The van der Waals surface area contributed by atoms with Crippen LogP contribution in [-0.2, 0) is 0 Å². The normalized spacial score (nSPS) is 9.50. The molecule has 1 aromatic heterocycles. The van der Waals surface area contributed by atoms with Gasteiger partial charge in [-0.15, -0.1) is 0 Å². The molecule has 3 nitrogen and oxygen atoms in total. The number of anilines is 1. The van der Waals surface area contributed by atoms with Crippen molar-refractivity contribution in [2.75, 3.05) is 4.34 Å². The van der Waals surface area contributed by atoms with Crippen LogP contribution in [0.15, 0.2) is 6.07 Å². The van der Waals surface area contributed by atoms with E-state index in [2.05, 4.69) is 30.5 Å². The number of halogens is 3. The Morgan fingerprint density at radius 2 is 1.80 bits per heavy atom. The molecular formula is C4H2BrCl2N3. The van der Waals surface area contributed by atoms with Crippen LogP contribution in [0.5, 0.6) is 0 Å². The number of nitrogens with zero attached hydrogens (tertiary/aromatic N) is 2. The van der Waals surface area contributed by atoms with Crippen molar-refractivity contribution >= 4 is 45.3 Å². The first-order valence-corrected chi connectivity index (χ1v) is 3.84. The maximum absolute atomic E-state index is 5.53. The van der Waals surface area contributed by atoms with Crippen molar-refractivity contribution in [3.63, 3.8) is 0 Å². The second-order valence-corrected chi connectivity index (χ2v) is 2.60. The van der Waals surface area contributed by atoms with Gasteiger partial charge in [0.15, 0.2) is 0 Å². The van der Waals surface area contributed by atoms with Crippen LogP contribution in [0.25, 0.3) is 0 Å². The summed E-state index contributed by atoms with van der Waals surface area (Å²) in [4.78, 5) is 7.53. The molecule has 0 amide bonds. The van der Waals surface area contributed by atoms with E-state index in [1.807, 2.05) is 0 Å². The third-order valence-electron chi connectivity index (χ3n) is 0.748. The van der Waals surface area contributed by atoms with Gasteiger partial charge >= 0.3 is 0 Å². The number of hydrogen-bond donors (Lipinski definition) is 1. The molecule has 1 rings (SSSR count). The summed E-state index contributed by atoms with van der Waals surface area (Å²) < 4.78 is 2.53. The standard InChI is InChI=1S/C4H2BrCl2N3/c5-10-4-8-2(6)1-3(7)9-4/h1H,(H,8,9,10). The Hall–Kier alpha value is -0.0600. The van der Waals surface area contributed by atoms with E-state index in [4.69, 9.17) is 23.2 Å². The first-order valence-electron chi connectivity index (χ1n) is 2.29. The highest BCUT2D eigenvalue weighted by Gasteiger charge is 1.97. The van der Waals surface area contributed by atoms with Gasteiger partial charge in [-0.25, -0.2) is 9.97 Å². The van der Waals surface area contributed by atoms with Gasteiger partial charge in [-0.1, -0.05) is 23.2 Å². The Balaban J connectivity index is 3.06. The quantitative estimate of drug-likeness (QED) is 0.608. The Labute approximate surface area is 76.1 Å². The summed E-state index contributed by atoms with van der Waals surface area (Å²) in [6.45, 7) is 0. The molecule has 0 bridgehead atoms. The molecule has 0 aliphatic heterocycles. The maximum Gasteiger partial charge on any atom is 0.235 e. The molecule has 0 aromatic carbocycles. The molecule has 0 radical (unpaired) electrons. The molecule has 0 aliphatic rings. The van der Waals surface area contributed by atoms with Gasteiger partial charge in [0.05, 0.1) is 0 Å². The average Bonchev–Trinajstić information content (AvgIpc) is 1.85. The molecule has 0 aliphatic carbocycles. The van der Waals surface area contributed by atoms with Gasteiger partial charge in [0.25, 0.3) is 0 Å². The zero-order chi connectivity index (χ0) is 7.56. The lowest BCUT2D eigenvalue weighted by atomic mass is 10.7. The Bertz CT molecular complexity index is 222. The van der Waals surface area contributed by atoms with Crippen LogP contribution in [0, 0.1) is 0 Å². The predicted molar refractivity (Wildman–Crippen MR) is 44.6 cm³/mol. The number of hydrogen-bond acceptors (Lipinski definition) is 3. The van der Waals surface area contributed by atoms with E-state index in [0.717, 1.165) is 0 Å². The molecule has 0 fully saturated rings. The summed E-state index contributed by atoms with van der Waals surface area (Å²) in [6.07, 6.45) is 0. The molecule has 0 saturated carbocycles. The molecule has 1 aromatic rings. The minimum atomic E-state index is 0.307. The van der Waals surface area contributed by atoms with E-state index in [9.17, 15) is 0 Å². The SMILES string of the molecule is Clc1cc(Cl)nc(NBr)n1. The van der Waals surface area contributed by atoms with E-state index < -0.39 is 0 Å². The Morgan fingerprint density at radius 3 is 2.20 bits per heavy atom. The Kier molecular flexibility index (Phi) is 2.71. The fourth-order valence-corrected chi connectivity index (χ4v) is 1.03. The molecule has 0 saturated heterocycles. The lowest BCUT2D eigenvalue weighted by Gasteiger charge is -1.95. The smallest absolute Gasteiger partial charge is 0.235 e. The molecule has 1 N–H and O–H groups in total. The van der Waals surface area contributed by atoms with E-state index in [0.29, 0.717) is 16.3 Å². The van der Waals surface area contributed by atoms with Crippen LogP contribution in [0.4, 0.5) is 5.95 Å². The van der Waals surface area contributed by atoms with Crippen LogP contribution in [0.1, 0.15) is 0 Å². The highest BCUT2D eigenvalue weighted by atomic mass is 79.9. The average molecular weight is 243 g/mol. The van der Waals surface area contributed by atoms with Gasteiger partial charge < -0.3 is 0 Å². The summed E-state index contributed by atoms with van der Waals surface area (Å²) in [5.41, 5.74) is 0. The summed E-state index contributed by atoms with van der Waals surface area (Å²) in [5, 5.41) is 0.615. The van der Waals surface area contributed by atoms with Crippen molar-refractivity contribution in [1.29, 1.82) is 0 Å². The second-order valence-electron chi connectivity index (χ2n) is 1.43. The van der Waals surface area contributed by atoms with Gasteiger partial charge in [-0.3, -0.25) is 4.34 Å². The number of rotatable bonds is 1. The first kappa shape index (κ1) is 8.04. The zero-order valence-corrected chi connectivity index (χ0v) is 7.70. The highest BCUT2D eigenvalue weighted by molar-refractivity contribution is 9.10. The summed E-state index contributed by atoms with van der Waals surface area (Å²) in [5.74, 6) is 0.345. The van der Waals surface area contributed by atoms with Crippen LogP contribution < -0.4 is 4.34 Å². The fraction of sp³-hybridized carbons (Fsp3) is 0. The molecule has 0 atom stereocenters. The van der Waals surface area contributed by atoms with Crippen LogP contribution in [-0.4, -0.2) is 9.97 Å². The largest absolute Gasteiger partial charge is 0.291 e. The van der Waals surface area contributed by atoms with Gasteiger partial charge in [-0.2, -0.15) is 0 Å². The fourth-order valence-electron chi connectivity index (χ4n) is 0.432. The number of nitrogens with one attached hydrogen (secondary N) is 1. The molecule has 10 heavy (non-hydrogen) atoms. The summed E-state index contributed by atoms with van der Waals surface area (Å²) >= 11 is 14.0. The number of aromatic nitrogens is 2. The van der Waals surface area contributed by atoms with Crippen molar-refractivity contribution in [3.8, 4) is 0 Å². The van der Waals surface area contributed by atoms with Gasteiger partial charge in [-0.05, 0) is 0 Å². The van der Waals surface area contributed by atoms with Gasteiger partial charge in [0, 0.05) is 22.2 Å². The van der Waals surface area contributed by atoms with Crippen molar-refractivity contribution in [1.82, 2.24) is 9.97 Å². The van der Waals surface area contributed by atoms with Gasteiger partial charge in [0.2, 0.25) is 5.95 Å². The monoisotopic (exact) mass is 241 g/mol. The highest BCUT2D eigenvalue weighted by Crippen LogP contribution is 2.14. The van der Waals surface area contributed by atoms with Crippen molar-refractivity contribution < 1.29 is 0 Å². The van der Waals surface area contributed by atoms with Crippen molar-refractivity contribution in [2.45, 2.75) is 0 Å². The van der Waals surface area contributed by atoms with E-state index in [1.54, 1.807) is 0 Å². The van der Waals surface area contributed by atoms with E-state index >= 15 is 0 Å². The third-order valence-corrected chi connectivity index (χ3v) is 1.49. The van der Waals surface area contributed by atoms with Crippen LogP contribution >= 0.6 is 39.3 Å². The van der Waals surface area contributed by atoms with Crippen LogP contribution in [0.2, 0.25) is 10.3 Å². The maximum atomic E-state index is 5.53. The second kappa shape index (κ2) is 3.37. The summed E-state index contributed by atoms with van der Waals surface area (Å²) in [6, 6.07) is 1.46. The molecule has 1 heterocycles. The zero-order valence-electron chi connectivity index (χ0n) is 4.61. The van der Waals surface area contributed by atoms with Crippen LogP contribution in [0.3, 0.4) is 0 Å². The minimum Gasteiger partial charge on any atom is -0.291 e. The summed E-state index contributed by atoms with van der Waals surface area (Å²) in [7, 11) is 0. The van der Waals surface area contributed by atoms with E-state index in [-0.39, 0.29) is 0 Å². The minimum absolute atomic E-state index is 0.307.